The summed E-state index contributed by atoms with van der Waals surface area (Å²) in [5.74, 6) is 1.33. The second-order valence-electron chi connectivity index (χ2n) is 4.33. The van der Waals surface area contributed by atoms with Gasteiger partial charge in [0.25, 0.3) is 5.56 Å². The van der Waals surface area contributed by atoms with Crippen LogP contribution in [0.1, 0.15) is 18.4 Å². The van der Waals surface area contributed by atoms with Crippen LogP contribution in [0.15, 0.2) is 16.9 Å². The number of ether oxygens (including phenoxy) is 1. The number of aromatic nitrogens is 4. The molecule has 0 aliphatic heterocycles. The predicted octanol–water partition coefficient (Wildman–Crippen LogP) is 1.45. The number of hydrogen-bond donors (Lipinski definition) is 1. The number of rotatable bonds is 2. The summed E-state index contributed by atoms with van der Waals surface area (Å²) in [6.45, 7) is 3.83. The molecule has 1 N–H and O–H groups in total. The molecule has 0 aromatic carbocycles. The second-order valence-corrected chi connectivity index (χ2v) is 4.33. The van der Waals surface area contributed by atoms with Crippen LogP contribution in [0.5, 0.6) is 5.88 Å². The number of methoxy groups -OCH3 is 1. The molecule has 3 heterocycles. The molecule has 0 amide bonds. The minimum atomic E-state index is -0.149. The molecule has 0 saturated carbocycles. The van der Waals surface area contributed by atoms with E-state index in [2.05, 4.69) is 15.0 Å². The molecule has 3 rings (SSSR count). The third-order valence-electron chi connectivity index (χ3n) is 3.17. The zero-order valence-electron chi connectivity index (χ0n) is 11.0. The maximum Gasteiger partial charge on any atom is 0.274 e. The normalized spacial score (nSPS) is 11.3. The van der Waals surface area contributed by atoms with Gasteiger partial charge in [0.15, 0.2) is 5.65 Å². The van der Waals surface area contributed by atoms with E-state index in [-0.39, 0.29) is 5.56 Å². The van der Waals surface area contributed by atoms with Crippen molar-refractivity contribution in [1.82, 2.24) is 19.4 Å². The van der Waals surface area contributed by atoms with Crippen molar-refractivity contribution >= 4 is 16.7 Å². The molecule has 0 radical (unpaired) electrons. The lowest BCUT2D eigenvalue weighted by Gasteiger charge is -2.05. The van der Waals surface area contributed by atoms with Gasteiger partial charge in [-0.2, -0.15) is 4.98 Å². The Labute approximate surface area is 109 Å². The van der Waals surface area contributed by atoms with Crippen LogP contribution >= 0.6 is 0 Å². The summed E-state index contributed by atoms with van der Waals surface area (Å²) in [7, 11) is 1.57. The first kappa shape index (κ1) is 11.7. The van der Waals surface area contributed by atoms with Gasteiger partial charge < -0.3 is 9.72 Å². The molecule has 0 fully saturated rings. The number of nitrogens with zero attached hydrogens (tertiary/aromatic N) is 3. The Hall–Kier alpha value is -2.37. The van der Waals surface area contributed by atoms with E-state index in [4.69, 9.17) is 4.74 Å². The van der Waals surface area contributed by atoms with Crippen LogP contribution in [0.2, 0.25) is 0 Å². The zero-order chi connectivity index (χ0) is 13.6. The van der Waals surface area contributed by atoms with Gasteiger partial charge >= 0.3 is 0 Å². The largest absolute Gasteiger partial charge is 0.481 e. The van der Waals surface area contributed by atoms with Crippen molar-refractivity contribution in [3.63, 3.8) is 0 Å². The molecule has 0 spiro atoms. The van der Waals surface area contributed by atoms with E-state index in [1.165, 1.54) is 0 Å². The van der Waals surface area contributed by atoms with Crippen molar-refractivity contribution in [2.24, 2.45) is 0 Å². The Morgan fingerprint density at radius 2 is 2.16 bits per heavy atom. The molecule has 0 atom stereocenters. The average molecular weight is 258 g/mol. The number of hydrogen-bond acceptors (Lipinski definition) is 4. The third-order valence-corrected chi connectivity index (χ3v) is 3.17. The molecule has 6 heteroatoms. The van der Waals surface area contributed by atoms with Crippen LogP contribution in [0.25, 0.3) is 16.7 Å². The Morgan fingerprint density at radius 1 is 1.37 bits per heavy atom. The van der Waals surface area contributed by atoms with Crippen LogP contribution in [-0.4, -0.2) is 26.5 Å². The summed E-state index contributed by atoms with van der Waals surface area (Å²) in [5, 5.41) is 0. The Bertz CT molecular complexity index is 832. The Balaban J connectivity index is 2.58. The van der Waals surface area contributed by atoms with Gasteiger partial charge in [-0.15, -0.1) is 0 Å². The number of H-pyrrole nitrogens is 1. The minimum Gasteiger partial charge on any atom is -0.481 e. The van der Waals surface area contributed by atoms with Gasteiger partial charge in [-0.25, -0.2) is 4.98 Å². The Morgan fingerprint density at radius 3 is 2.84 bits per heavy atom. The van der Waals surface area contributed by atoms with E-state index in [9.17, 15) is 4.79 Å². The molecular formula is C13H14N4O2. The zero-order valence-corrected chi connectivity index (χ0v) is 11.0. The summed E-state index contributed by atoms with van der Waals surface area (Å²) in [5.41, 5.74) is 2.44. The molecule has 19 heavy (non-hydrogen) atoms. The molecule has 0 saturated heterocycles. The van der Waals surface area contributed by atoms with Gasteiger partial charge in [-0.3, -0.25) is 9.20 Å². The lowest BCUT2D eigenvalue weighted by atomic mass is 10.3. The van der Waals surface area contributed by atoms with Crippen LogP contribution in [0.4, 0.5) is 0 Å². The van der Waals surface area contributed by atoms with E-state index in [1.807, 2.05) is 18.2 Å². The Kier molecular flexibility index (Phi) is 2.51. The summed E-state index contributed by atoms with van der Waals surface area (Å²) in [6, 6.07) is 3.51. The highest BCUT2D eigenvalue weighted by molar-refractivity contribution is 5.75. The molecule has 6 nitrogen and oxygen atoms in total. The third kappa shape index (κ3) is 1.60. The molecule has 3 aromatic rings. The summed E-state index contributed by atoms with van der Waals surface area (Å²) < 4.78 is 6.96. The smallest absolute Gasteiger partial charge is 0.274 e. The highest BCUT2D eigenvalue weighted by Gasteiger charge is 2.14. The molecule has 3 aromatic heterocycles. The fourth-order valence-electron chi connectivity index (χ4n) is 2.31. The number of fused-ring (bicyclic) bond motifs is 3. The van der Waals surface area contributed by atoms with Crippen molar-refractivity contribution in [1.29, 1.82) is 0 Å². The van der Waals surface area contributed by atoms with E-state index in [1.54, 1.807) is 19.2 Å². The first-order chi connectivity index (χ1) is 9.15. The number of pyridine rings is 1. The highest BCUT2D eigenvalue weighted by atomic mass is 16.5. The summed E-state index contributed by atoms with van der Waals surface area (Å²) >= 11 is 0. The fraction of sp³-hybridized carbons (Fsp3) is 0.308. The van der Waals surface area contributed by atoms with Gasteiger partial charge in [0.2, 0.25) is 5.88 Å². The van der Waals surface area contributed by atoms with Crippen molar-refractivity contribution < 1.29 is 4.74 Å². The summed E-state index contributed by atoms with van der Waals surface area (Å²) in [6.07, 6.45) is 0.729. The number of aryl methyl sites for hydroxylation is 2. The molecule has 0 bridgehead atoms. The van der Waals surface area contributed by atoms with E-state index >= 15 is 0 Å². The lowest BCUT2D eigenvalue weighted by molar-refractivity contribution is 0.399. The number of nitrogens with one attached hydrogen (secondary N) is 1. The topological polar surface area (TPSA) is 72.3 Å². The maximum absolute atomic E-state index is 12.1. The first-order valence-electron chi connectivity index (χ1n) is 6.10. The fourth-order valence-corrected chi connectivity index (χ4v) is 2.31. The van der Waals surface area contributed by atoms with Crippen molar-refractivity contribution in [3.05, 3.63) is 34.0 Å². The van der Waals surface area contributed by atoms with E-state index < -0.39 is 0 Å². The van der Waals surface area contributed by atoms with Gasteiger partial charge in [0.1, 0.15) is 11.3 Å². The van der Waals surface area contributed by atoms with E-state index in [0.717, 1.165) is 12.2 Å². The first-order valence-corrected chi connectivity index (χ1v) is 6.10. The van der Waals surface area contributed by atoms with E-state index in [0.29, 0.717) is 28.3 Å². The quantitative estimate of drug-likeness (QED) is 0.755. The number of imidazole rings is 1. The van der Waals surface area contributed by atoms with Gasteiger partial charge in [-0.1, -0.05) is 6.92 Å². The molecular weight excluding hydrogens is 244 g/mol. The van der Waals surface area contributed by atoms with Crippen LogP contribution in [0.3, 0.4) is 0 Å². The van der Waals surface area contributed by atoms with Crippen LogP contribution < -0.4 is 10.3 Å². The maximum atomic E-state index is 12.1. The van der Waals surface area contributed by atoms with Gasteiger partial charge in [-0.05, 0) is 13.0 Å². The molecule has 98 valence electrons. The highest BCUT2D eigenvalue weighted by Crippen LogP contribution is 2.18. The number of aromatic amines is 1. The average Bonchev–Trinajstić information content (AvgIpc) is 2.76. The monoisotopic (exact) mass is 258 g/mol. The van der Waals surface area contributed by atoms with Gasteiger partial charge in [0.05, 0.1) is 18.3 Å². The standard InChI is InChI=1S/C13H14N4O2/c1-4-9-14-7(2)11-13(18)15-8-5-6-10(19-3)16-12(8)17(9)11/h5-6H,4H2,1-3H3,(H,15,18). The molecule has 0 unspecified atom stereocenters. The predicted molar refractivity (Wildman–Crippen MR) is 71.8 cm³/mol. The lowest BCUT2D eigenvalue weighted by Crippen LogP contribution is -2.12. The van der Waals surface area contributed by atoms with Crippen molar-refractivity contribution in [2.45, 2.75) is 20.3 Å². The SMILES string of the molecule is CCc1nc(C)c2c(=O)[nH]c3ccc(OC)nc3n12. The van der Waals surface area contributed by atoms with Crippen LogP contribution in [0, 0.1) is 6.92 Å². The van der Waals surface area contributed by atoms with Crippen molar-refractivity contribution in [2.75, 3.05) is 7.11 Å². The second kappa shape index (κ2) is 4.08. The van der Waals surface area contributed by atoms with Gasteiger partial charge in [0, 0.05) is 12.5 Å². The minimum absolute atomic E-state index is 0.149. The molecule has 0 aliphatic rings. The molecule has 0 aliphatic carbocycles. The van der Waals surface area contributed by atoms with Crippen molar-refractivity contribution in [3.8, 4) is 5.88 Å². The summed E-state index contributed by atoms with van der Waals surface area (Å²) in [4.78, 5) is 23.8. The van der Waals surface area contributed by atoms with Crippen LogP contribution in [-0.2, 0) is 6.42 Å².